The van der Waals surface area contributed by atoms with Crippen molar-refractivity contribution in [3.05, 3.63) is 36.3 Å². The van der Waals surface area contributed by atoms with Gasteiger partial charge in [0.05, 0.1) is 12.5 Å². The zero-order chi connectivity index (χ0) is 15.4. The van der Waals surface area contributed by atoms with E-state index in [9.17, 15) is 0 Å². The third kappa shape index (κ3) is 7.78. The van der Waals surface area contributed by atoms with E-state index in [-0.39, 0.29) is 5.54 Å². The molecule has 0 saturated heterocycles. The van der Waals surface area contributed by atoms with Gasteiger partial charge in [-0.25, -0.2) is 0 Å². The smallest absolute Gasteiger partial charge is 0.0933 e. The summed E-state index contributed by atoms with van der Waals surface area (Å²) in [6, 6.07) is 0. The SMILES string of the molecule is C#C/C=C\C1=C\O/C=C\C(N)(CCC)CCCCCCC1. The second-order valence-electron chi connectivity index (χ2n) is 5.88. The van der Waals surface area contributed by atoms with Gasteiger partial charge in [0, 0.05) is 5.54 Å². The van der Waals surface area contributed by atoms with Crippen LogP contribution in [0.3, 0.4) is 0 Å². The molecule has 0 bridgehead atoms. The normalized spacial score (nSPS) is 29.1. The fraction of sp³-hybridized carbons (Fsp3) is 0.579. The molecule has 116 valence electrons. The molecular formula is C19H29NO. The zero-order valence-corrected chi connectivity index (χ0v) is 13.3. The summed E-state index contributed by atoms with van der Waals surface area (Å²) >= 11 is 0. The van der Waals surface area contributed by atoms with Crippen molar-refractivity contribution in [2.24, 2.45) is 5.73 Å². The van der Waals surface area contributed by atoms with Gasteiger partial charge in [-0.3, -0.25) is 0 Å². The topological polar surface area (TPSA) is 35.2 Å². The first-order valence-electron chi connectivity index (χ1n) is 8.14. The summed E-state index contributed by atoms with van der Waals surface area (Å²) in [6.07, 6.45) is 24.8. The lowest BCUT2D eigenvalue weighted by Crippen LogP contribution is -2.37. The highest BCUT2D eigenvalue weighted by atomic mass is 16.5. The molecule has 0 fully saturated rings. The highest BCUT2D eigenvalue weighted by Gasteiger charge is 2.19. The average Bonchev–Trinajstić information content (AvgIpc) is 2.48. The maximum atomic E-state index is 6.48. The molecule has 1 heterocycles. The molecule has 2 N–H and O–H groups in total. The third-order valence-corrected chi connectivity index (χ3v) is 3.91. The largest absolute Gasteiger partial charge is 0.473 e. The van der Waals surface area contributed by atoms with Crippen LogP contribution in [0.4, 0.5) is 0 Å². The number of hydrogen-bond donors (Lipinski definition) is 1. The summed E-state index contributed by atoms with van der Waals surface area (Å²) in [7, 11) is 0. The van der Waals surface area contributed by atoms with Gasteiger partial charge in [0.2, 0.25) is 0 Å². The van der Waals surface area contributed by atoms with Crippen molar-refractivity contribution in [1.29, 1.82) is 0 Å². The van der Waals surface area contributed by atoms with Gasteiger partial charge in [-0.1, -0.05) is 44.9 Å². The minimum atomic E-state index is -0.231. The van der Waals surface area contributed by atoms with Crippen molar-refractivity contribution in [3.8, 4) is 12.3 Å². The Hall–Kier alpha value is -1.46. The molecule has 0 saturated carbocycles. The van der Waals surface area contributed by atoms with E-state index in [0.717, 1.165) is 31.3 Å². The third-order valence-electron chi connectivity index (χ3n) is 3.91. The van der Waals surface area contributed by atoms with Crippen molar-refractivity contribution >= 4 is 0 Å². The van der Waals surface area contributed by atoms with Gasteiger partial charge in [0.1, 0.15) is 0 Å². The van der Waals surface area contributed by atoms with Crippen molar-refractivity contribution in [3.63, 3.8) is 0 Å². The molecule has 2 heteroatoms. The van der Waals surface area contributed by atoms with Crippen LogP contribution in [0.5, 0.6) is 0 Å². The Balaban J connectivity index is 2.74. The van der Waals surface area contributed by atoms with Crippen LogP contribution in [0.2, 0.25) is 0 Å². The number of ether oxygens (including phenoxy) is 1. The van der Waals surface area contributed by atoms with Crippen LogP contribution in [-0.2, 0) is 4.74 Å². The van der Waals surface area contributed by atoms with Gasteiger partial charge >= 0.3 is 0 Å². The van der Waals surface area contributed by atoms with Crippen LogP contribution in [0.15, 0.2) is 36.3 Å². The van der Waals surface area contributed by atoms with Gasteiger partial charge in [-0.05, 0) is 49.5 Å². The molecule has 0 aromatic carbocycles. The Morgan fingerprint density at radius 2 is 2.10 bits per heavy atom. The lowest BCUT2D eigenvalue weighted by atomic mass is 9.88. The van der Waals surface area contributed by atoms with E-state index in [1.807, 2.05) is 12.2 Å². The molecule has 0 radical (unpaired) electrons. The van der Waals surface area contributed by atoms with Gasteiger partial charge in [-0.2, -0.15) is 0 Å². The van der Waals surface area contributed by atoms with Gasteiger partial charge in [-0.15, -0.1) is 6.42 Å². The van der Waals surface area contributed by atoms with Gasteiger partial charge in [0.25, 0.3) is 0 Å². The molecule has 1 atom stereocenters. The Morgan fingerprint density at radius 3 is 2.86 bits per heavy atom. The first kappa shape index (κ1) is 17.6. The van der Waals surface area contributed by atoms with Crippen LogP contribution in [0.1, 0.15) is 64.7 Å². The molecule has 1 rings (SSSR count). The van der Waals surface area contributed by atoms with Crippen molar-refractivity contribution < 1.29 is 4.74 Å². The highest BCUT2D eigenvalue weighted by molar-refractivity contribution is 5.23. The molecule has 1 unspecified atom stereocenters. The standard InChI is InChI=1S/C19H29NO/c1-3-5-11-18-12-9-7-6-8-10-14-19(20,13-4-2)15-16-21-17-18/h1,5,11,15-17H,4,6-10,12-14,20H2,2H3/b11-5-,16-15-,18-17-. The number of hydrogen-bond acceptors (Lipinski definition) is 2. The minimum absolute atomic E-state index is 0.231. The van der Waals surface area contributed by atoms with E-state index in [4.69, 9.17) is 16.9 Å². The molecule has 21 heavy (non-hydrogen) atoms. The first-order valence-corrected chi connectivity index (χ1v) is 8.14. The summed E-state index contributed by atoms with van der Waals surface area (Å²) in [5.41, 5.74) is 7.38. The molecule has 1 aliphatic heterocycles. The molecule has 0 amide bonds. The van der Waals surface area contributed by atoms with E-state index in [1.54, 1.807) is 18.6 Å². The van der Waals surface area contributed by atoms with Gasteiger partial charge in [0.15, 0.2) is 0 Å². The average molecular weight is 287 g/mol. The zero-order valence-electron chi connectivity index (χ0n) is 13.3. The molecule has 0 aromatic rings. The Morgan fingerprint density at radius 1 is 1.33 bits per heavy atom. The maximum absolute atomic E-state index is 6.48. The monoisotopic (exact) mass is 287 g/mol. The number of rotatable bonds is 3. The second-order valence-corrected chi connectivity index (χ2v) is 5.88. The van der Waals surface area contributed by atoms with Crippen LogP contribution in [0, 0.1) is 12.3 Å². The summed E-state index contributed by atoms with van der Waals surface area (Å²) < 4.78 is 5.56. The van der Waals surface area contributed by atoms with Crippen LogP contribution in [-0.4, -0.2) is 5.54 Å². The quantitative estimate of drug-likeness (QED) is 0.754. The molecule has 0 aromatic heterocycles. The Kier molecular flexibility index (Phi) is 8.62. The van der Waals surface area contributed by atoms with Crippen molar-refractivity contribution in [2.45, 2.75) is 70.3 Å². The molecule has 2 nitrogen and oxygen atoms in total. The molecular weight excluding hydrogens is 258 g/mol. The van der Waals surface area contributed by atoms with E-state index < -0.39 is 0 Å². The Bertz CT molecular complexity index is 414. The van der Waals surface area contributed by atoms with E-state index in [2.05, 4.69) is 12.8 Å². The van der Waals surface area contributed by atoms with Crippen molar-refractivity contribution in [1.82, 2.24) is 0 Å². The molecule has 0 aliphatic carbocycles. The lowest BCUT2D eigenvalue weighted by molar-refractivity contribution is 0.372. The fourth-order valence-corrected chi connectivity index (χ4v) is 2.71. The Labute approximate surface area is 130 Å². The van der Waals surface area contributed by atoms with Gasteiger partial charge < -0.3 is 10.5 Å². The number of nitrogens with two attached hydrogens (primary N) is 1. The fourth-order valence-electron chi connectivity index (χ4n) is 2.71. The number of terminal acetylenes is 1. The minimum Gasteiger partial charge on any atom is -0.473 e. The predicted molar refractivity (Wildman–Crippen MR) is 90.4 cm³/mol. The van der Waals surface area contributed by atoms with Crippen LogP contribution < -0.4 is 5.73 Å². The van der Waals surface area contributed by atoms with Crippen LogP contribution in [0.25, 0.3) is 0 Å². The highest BCUT2D eigenvalue weighted by Crippen LogP contribution is 2.22. The number of allylic oxidation sites excluding steroid dienone is 3. The van der Waals surface area contributed by atoms with E-state index >= 15 is 0 Å². The molecule has 1 aliphatic rings. The summed E-state index contributed by atoms with van der Waals surface area (Å²) in [5.74, 6) is 2.53. The summed E-state index contributed by atoms with van der Waals surface area (Å²) in [4.78, 5) is 0. The predicted octanol–water partition coefficient (Wildman–Crippen LogP) is 4.83. The summed E-state index contributed by atoms with van der Waals surface area (Å²) in [6.45, 7) is 2.17. The second kappa shape index (κ2) is 10.3. The lowest BCUT2D eigenvalue weighted by Gasteiger charge is -2.25. The van der Waals surface area contributed by atoms with E-state index in [1.165, 1.54) is 32.1 Å². The van der Waals surface area contributed by atoms with Crippen molar-refractivity contribution in [2.75, 3.05) is 0 Å². The van der Waals surface area contributed by atoms with E-state index in [0.29, 0.717) is 0 Å². The maximum Gasteiger partial charge on any atom is 0.0933 e. The first-order chi connectivity index (χ1) is 10.2. The molecule has 0 spiro atoms. The van der Waals surface area contributed by atoms with Crippen LogP contribution >= 0.6 is 0 Å². The summed E-state index contributed by atoms with van der Waals surface area (Å²) in [5, 5.41) is 0.